The third-order valence-corrected chi connectivity index (χ3v) is 4.73. The number of rotatable bonds is 5. The van der Waals surface area contributed by atoms with Gasteiger partial charge in [-0.2, -0.15) is 0 Å². The van der Waals surface area contributed by atoms with Gasteiger partial charge in [-0.25, -0.2) is 4.79 Å². The number of hydrogen-bond donors (Lipinski definition) is 1. The molecule has 1 fully saturated rings. The Morgan fingerprint density at radius 3 is 2.12 bits per heavy atom. The van der Waals surface area contributed by atoms with Crippen LogP contribution in [-0.2, 0) is 4.74 Å². The first-order valence-corrected chi connectivity index (χ1v) is 8.07. The van der Waals surface area contributed by atoms with Crippen molar-refractivity contribution >= 4 is 28.9 Å². The lowest BCUT2D eigenvalue weighted by Gasteiger charge is -2.36. The predicted molar refractivity (Wildman–Crippen MR) is 89.8 cm³/mol. The van der Waals surface area contributed by atoms with E-state index in [9.17, 15) is 25.0 Å². The van der Waals surface area contributed by atoms with Crippen LogP contribution in [0.25, 0.3) is 0 Å². The summed E-state index contributed by atoms with van der Waals surface area (Å²) in [6, 6.07) is 1.80. The van der Waals surface area contributed by atoms with E-state index in [1.54, 1.807) is 13.8 Å². The summed E-state index contributed by atoms with van der Waals surface area (Å²) < 4.78 is 5.52. The second-order valence-electron chi connectivity index (χ2n) is 6.36. The Balaban J connectivity index is 2.32. The summed E-state index contributed by atoms with van der Waals surface area (Å²) in [6.07, 6.45) is 1.64. The van der Waals surface area contributed by atoms with E-state index in [0.29, 0.717) is 0 Å². The SMILES string of the molecule is CC(C)(OC(=O)c1cc([N+](=O)[O-])c(Cl)c([N+](=O)[O-])c1)C1CCNCC1. The summed E-state index contributed by atoms with van der Waals surface area (Å²) in [6.45, 7) is 5.15. The van der Waals surface area contributed by atoms with E-state index in [1.165, 1.54) is 0 Å². The number of hydrogen-bond acceptors (Lipinski definition) is 7. The van der Waals surface area contributed by atoms with Crippen molar-refractivity contribution in [1.82, 2.24) is 5.32 Å². The lowest BCUT2D eigenvalue weighted by Crippen LogP contribution is -2.42. The van der Waals surface area contributed by atoms with Crippen molar-refractivity contribution in [2.75, 3.05) is 13.1 Å². The lowest BCUT2D eigenvalue weighted by molar-refractivity contribution is -0.393. The molecule has 0 amide bonds. The Bertz CT molecular complexity index is 680. The number of piperidine rings is 1. The number of halogens is 1. The number of nitro benzene ring substituents is 2. The number of nitro groups is 2. The van der Waals surface area contributed by atoms with Crippen molar-refractivity contribution < 1.29 is 19.4 Å². The average Bonchev–Trinajstić information content (AvgIpc) is 2.54. The minimum Gasteiger partial charge on any atom is -0.456 e. The maximum Gasteiger partial charge on any atom is 0.339 e. The Hall–Kier alpha value is -2.26. The van der Waals surface area contributed by atoms with E-state index in [1.807, 2.05) is 0 Å². The Labute approximate surface area is 148 Å². The molecule has 1 heterocycles. The number of esters is 1. The monoisotopic (exact) mass is 371 g/mol. The van der Waals surface area contributed by atoms with E-state index in [0.717, 1.165) is 38.1 Å². The molecule has 1 aliphatic heterocycles. The standard InChI is InChI=1S/C15H18ClN3O6/c1-15(2,10-3-5-17-6-4-10)25-14(20)9-7-11(18(21)22)13(16)12(8-9)19(23)24/h7-8,10,17H,3-6H2,1-2H3. The molecule has 136 valence electrons. The fraction of sp³-hybridized carbons (Fsp3) is 0.533. The van der Waals surface area contributed by atoms with Gasteiger partial charge in [0.2, 0.25) is 0 Å². The highest BCUT2D eigenvalue weighted by molar-refractivity contribution is 6.35. The third-order valence-electron chi connectivity index (χ3n) is 4.34. The van der Waals surface area contributed by atoms with E-state index >= 15 is 0 Å². The van der Waals surface area contributed by atoms with Gasteiger partial charge in [-0.1, -0.05) is 11.6 Å². The Kier molecular flexibility index (Phi) is 5.58. The number of nitrogens with one attached hydrogen (secondary N) is 1. The lowest BCUT2D eigenvalue weighted by atomic mass is 9.83. The van der Waals surface area contributed by atoms with Gasteiger partial charge in [0.1, 0.15) is 5.60 Å². The van der Waals surface area contributed by atoms with Gasteiger partial charge >= 0.3 is 5.97 Å². The molecule has 0 unspecified atom stereocenters. The first-order valence-electron chi connectivity index (χ1n) is 7.70. The molecule has 0 bridgehead atoms. The minimum absolute atomic E-state index is 0.120. The molecule has 1 aromatic rings. The highest BCUT2D eigenvalue weighted by Gasteiger charge is 2.36. The van der Waals surface area contributed by atoms with Crippen molar-refractivity contribution in [1.29, 1.82) is 0 Å². The van der Waals surface area contributed by atoms with Crippen LogP contribution in [0.2, 0.25) is 5.02 Å². The van der Waals surface area contributed by atoms with Crippen molar-refractivity contribution in [3.8, 4) is 0 Å². The summed E-state index contributed by atoms with van der Waals surface area (Å²) in [7, 11) is 0. The van der Waals surface area contributed by atoms with Crippen molar-refractivity contribution in [2.45, 2.75) is 32.3 Å². The Morgan fingerprint density at radius 1 is 1.20 bits per heavy atom. The van der Waals surface area contributed by atoms with Gasteiger partial charge < -0.3 is 10.1 Å². The molecular weight excluding hydrogens is 354 g/mol. The molecule has 1 saturated heterocycles. The van der Waals surface area contributed by atoms with E-state index < -0.39 is 37.8 Å². The molecule has 0 spiro atoms. The zero-order valence-electron chi connectivity index (χ0n) is 13.8. The van der Waals surface area contributed by atoms with Gasteiger partial charge in [0.05, 0.1) is 15.4 Å². The minimum atomic E-state index is -0.871. The normalized spacial score (nSPS) is 15.6. The largest absolute Gasteiger partial charge is 0.456 e. The molecule has 9 nitrogen and oxygen atoms in total. The van der Waals surface area contributed by atoms with Gasteiger partial charge in [0, 0.05) is 18.1 Å². The predicted octanol–water partition coefficient (Wildman–Crippen LogP) is 3.09. The molecule has 0 aromatic heterocycles. The maximum atomic E-state index is 12.4. The van der Waals surface area contributed by atoms with Crippen molar-refractivity contribution in [2.24, 2.45) is 5.92 Å². The molecule has 10 heteroatoms. The smallest absolute Gasteiger partial charge is 0.339 e. The average molecular weight is 372 g/mol. The van der Waals surface area contributed by atoms with Gasteiger partial charge in [0.25, 0.3) is 11.4 Å². The van der Waals surface area contributed by atoms with E-state index in [2.05, 4.69) is 5.32 Å². The van der Waals surface area contributed by atoms with Gasteiger partial charge in [-0.05, 0) is 39.8 Å². The molecule has 1 N–H and O–H groups in total. The van der Waals surface area contributed by atoms with Crippen molar-refractivity contribution in [3.05, 3.63) is 42.9 Å². The second-order valence-corrected chi connectivity index (χ2v) is 6.74. The first-order chi connectivity index (χ1) is 11.6. The third kappa shape index (κ3) is 4.23. The summed E-state index contributed by atoms with van der Waals surface area (Å²) in [4.78, 5) is 32.8. The van der Waals surface area contributed by atoms with Gasteiger partial charge in [-0.3, -0.25) is 20.2 Å². The molecular formula is C15H18ClN3O6. The molecule has 25 heavy (non-hydrogen) atoms. The fourth-order valence-electron chi connectivity index (χ4n) is 2.88. The van der Waals surface area contributed by atoms with Crippen LogP contribution in [0.1, 0.15) is 37.0 Å². The quantitative estimate of drug-likeness (QED) is 0.479. The molecule has 2 rings (SSSR count). The zero-order valence-corrected chi connectivity index (χ0v) is 14.5. The molecule has 0 atom stereocenters. The van der Waals surface area contributed by atoms with Crippen LogP contribution in [0.3, 0.4) is 0 Å². The van der Waals surface area contributed by atoms with Crippen LogP contribution in [0.15, 0.2) is 12.1 Å². The summed E-state index contributed by atoms with van der Waals surface area (Å²) in [5, 5.41) is 24.7. The first kappa shape index (κ1) is 19.1. The molecule has 0 radical (unpaired) electrons. The van der Waals surface area contributed by atoms with Crippen LogP contribution in [0.5, 0.6) is 0 Å². The summed E-state index contributed by atoms with van der Waals surface area (Å²) in [5.41, 5.74) is -2.49. The fourth-order valence-corrected chi connectivity index (χ4v) is 3.12. The maximum absolute atomic E-state index is 12.4. The van der Waals surface area contributed by atoms with E-state index in [4.69, 9.17) is 16.3 Å². The van der Waals surface area contributed by atoms with Crippen LogP contribution < -0.4 is 5.32 Å². The van der Waals surface area contributed by atoms with Crippen LogP contribution in [0, 0.1) is 26.1 Å². The van der Waals surface area contributed by atoms with Gasteiger partial charge in [-0.15, -0.1) is 0 Å². The summed E-state index contributed by atoms with van der Waals surface area (Å²) in [5.74, 6) is -0.735. The highest BCUT2D eigenvalue weighted by atomic mass is 35.5. The number of carbonyl (C=O) groups is 1. The number of carbonyl (C=O) groups excluding carboxylic acids is 1. The van der Waals surface area contributed by atoms with Crippen LogP contribution in [-0.4, -0.2) is 34.5 Å². The Morgan fingerprint density at radius 2 is 1.68 bits per heavy atom. The van der Waals surface area contributed by atoms with Crippen LogP contribution in [0.4, 0.5) is 11.4 Å². The summed E-state index contributed by atoms with van der Waals surface area (Å²) >= 11 is 5.69. The van der Waals surface area contributed by atoms with Crippen LogP contribution >= 0.6 is 11.6 Å². The topological polar surface area (TPSA) is 125 Å². The number of ether oxygens (including phenoxy) is 1. The molecule has 1 aliphatic rings. The zero-order chi connectivity index (χ0) is 18.8. The number of benzene rings is 1. The van der Waals surface area contributed by atoms with Gasteiger partial charge in [0.15, 0.2) is 5.02 Å². The van der Waals surface area contributed by atoms with Crippen molar-refractivity contribution in [3.63, 3.8) is 0 Å². The van der Waals surface area contributed by atoms with E-state index in [-0.39, 0.29) is 11.5 Å². The molecule has 0 saturated carbocycles. The molecule has 1 aromatic carbocycles. The molecule has 0 aliphatic carbocycles. The second kappa shape index (κ2) is 7.32. The number of nitrogens with zero attached hydrogens (tertiary/aromatic N) is 2. The highest BCUT2D eigenvalue weighted by Crippen LogP contribution is 2.36.